The number of ether oxygens (including phenoxy) is 3. The van der Waals surface area contributed by atoms with Crippen LogP contribution in [0.2, 0.25) is 0 Å². The molecule has 10 nitrogen and oxygen atoms in total. The van der Waals surface area contributed by atoms with E-state index in [2.05, 4.69) is 61.1 Å². The summed E-state index contributed by atoms with van der Waals surface area (Å²) in [7, 11) is 0. The molecule has 0 aliphatic carbocycles. The topological polar surface area (TPSA) is 91.9 Å². The highest BCUT2D eigenvalue weighted by molar-refractivity contribution is 5.71. The summed E-state index contributed by atoms with van der Waals surface area (Å²) >= 11 is 0. The SMILES string of the molecule is CCCCCCCCCCCCN(CCCCCCCCCCCC)CCCOC(=O)CCN(CCC(=O)OCCCN(CCCCCCCCCCCC)CCCCCCCCCCCC)CCC(=O)OCCCN(CCCCCCCCCCCC)CCCCCCCCCCCC. The van der Waals surface area contributed by atoms with Crippen LogP contribution in [0.5, 0.6) is 0 Å². The van der Waals surface area contributed by atoms with Crippen LogP contribution in [0.25, 0.3) is 0 Å². The van der Waals surface area contributed by atoms with Crippen molar-refractivity contribution in [2.75, 3.05) is 98.4 Å². The number of esters is 3. The van der Waals surface area contributed by atoms with Gasteiger partial charge in [0, 0.05) is 39.3 Å². The van der Waals surface area contributed by atoms with Gasteiger partial charge in [-0.2, -0.15) is 0 Å². The molecular weight excluding hydrogens is 1230 g/mol. The number of nitrogens with zero attached hydrogens (tertiary/aromatic N) is 4. The van der Waals surface area contributed by atoms with Gasteiger partial charge in [-0.25, -0.2) is 0 Å². The quantitative estimate of drug-likeness (QED) is 0.0333. The molecule has 0 heterocycles. The van der Waals surface area contributed by atoms with Crippen molar-refractivity contribution in [3.8, 4) is 0 Å². The Morgan fingerprint density at radius 3 is 0.430 bits per heavy atom. The molecule has 0 aliphatic heterocycles. The van der Waals surface area contributed by atoms with Crippen molar-refractivity contribution < 1.29 is 28.6 Å². The second-order valence-electron chi connectivity index (χ2n) is 31.4. The standard InChI is InChI=1S/C90H180N4O6/c1-7-13-19-25-31-37-43-49-55-61-73-91(74-62-56-50-44-38-32-26-20-14-8-2)79-67-85-98-88(95)70-82-94(83-71-89(96)99-86-68-80-92(75-63-57-51-45-39-33-27-21-15-9-3)76-64-58-52-46-40-34-28-22-16-10-4)84-72-90(97)100-87-69-81-93(77-65-59-53-47-41-35-29-23-17-11-5)78-66-60-54-48-42-36-30-24-18-12-6/h7-87H2,1-6H3. The number of unbranched alkanes of at least 4 members (excludes halogenated alkanes) is 54. The normalized spacial score (nSPS) is 11.8. The summed E-state index contributed by atoms with van der Waals surface area (Å²) in [6, 6.07) is 0. The monoisotopic (exact) mass is 1410 g/mol. The van der Waals surface area contributed by atoms with Crippen LogP contribution >= 0.6 is 0 Å². The van der Waals surface area contributed by atoms with Crippen LogP contribution in [0.15, 0.2) is 0 Å². The average molecular weight is 1410 g/mol. The van der Waals surface area contributed by atoms with Crippen LogP contribution < -0.4 is 0 Å². The minimum atomic E-state index is -0.202. The van der Waals surface area contributed by atoms with Crippen molar-refractivity contribution in [1.29, 1.82) is 0 Å². The molecule has 0 saturated carbocycles. The second-order valence-corrected chi connectivity index (χ2v) is 31.4. The summed E-state index contributed by atoms with van der Waals surface area (Å²) in [6.45, 7) is 26.1. The zero-order valence-electron chi connectivity index (χ0n) is 69.0. The minimum absolute atomic E-state index is 0.202. The molecule has 100 heavy (non-hydrogen) atoms. The largest absolute Gasteiger partial charge is 0.466 e. The molecule has 0 radical (unpaired) electrons. The number of carbonyl (C=O) groups excluding carboxylic acids is 3. The molecule has 0 aromatic rings. The first-order chi connectivity index (χ1) is 49.3. The van der Waals surface area contributed by atoms with Gasteiger partial charge in [0.05, 0.1) is 39.1 Å². The Kier molecular flexibility index (Phi) is 83.0. The maximum Gasteiger partial charge on any atom is 0.307 e. The zero-order valence-corrected chi connectivity index (χ0v) is 69.0. The average Bonchev–Trinajstić information content (AvgIpc) is 3.69. The molecule has 0 N–H and O–H groups in total. The predicted octanol–water partition coefficient (Wildman–Crippen LogP) is 26.7. The molecule has 0 saturated heterocycles. The van der Waals surface area contributed by atoms with Gasteiger partial charge in [0.1, 0.15) is 0 Å². The predicted molar refractivity (Wildman–Crippen MR) is 437 cm³/mol. The molecule has 0 fully saturated rings. The van der Waals surface area contributed by atoms with E-state index in [0.717, 1.165) is 78.2 Å². The summed E-state index contributed by atoms with van der Waals surface area (Å²) in [5.41, 5.74) is 0. The van der Waals surface area contributed by atoms with E-state index in [9.17, 15) is 14.4 Å². The van der Waals surface area contributed by atoms with E-state index in [0.29, 0.717) is 39.5 Å². The molecule has 0 amide bonds. The molecule has 0 atom stereocenters. The molecule has 0 bridgehead atoms. The van der Waals surface area contributed by atoms with Crippen molar-refractivity contribution in [1.82, 2.24) is 19.6 Å². The molecule has 0 aliphatic rings. The molecule has 0 aromatic carbocycles. The number of hydrogen-bond donors (Lipinski definition) is 0. The van der Waals surface area contributed by atoms with Gasteiger partial charge in [-0.1, -0.05) is 388 Å². The number of carbonyl (C=O) groups is 3. The van der Waals surface area contributed by atoms with E-state index in [1.165, 1.54) is 385 Å². The van der Waals surface area contributed by atoms with Crippen LogP contribution in [-0.4, -0.2) is 136 Å². The van der Waals surface area contributed by atoms with Crippen molar-refractivity contribution >= 4 is 17.9 Å². The molecule has 10 heteroatoms. The highest BCUT2D eigenvalue weighted by Gasteiger charge is 2.17. The minimum Gasteiger partial charge on any atom is -0.466 e. The van der Waals surface area contributed by atoms with Crippen LogP contribution in [0.4, 0.5) is 0 Å². The lowest BCUT2D eigenvalue weighted by molar-refractivity contribution is -0.144. The fourth-order valence-electron chi connectivity index (χ4n) is 14.7. The molecule has 0 aromatic heterocycles. The van der Waals surface area contributed by atoms with Crippen molar-refractivity contribution in [3.63, 3.8) is 0 Å². The molecule has 0 spiro atoms. The first-order valence-electron chi connectivity index (χ1n) is 45.7. The van der Waals surface area contributed by atoms with E-state index in [1.807, 2.05) is 0 Å². The Morgan fingerprint density at radius 1 is 0.160 bits per heavy atom. The summed E-state index contributed by atoms with van der Waals surface area (Å²) in [4.78, 5) is 50.5. The van der Waals surface area contributed by atoms with E-state index in [1.54, 1.807) is 0 Å². The van der Waals surface area contributed by atoms with E-state index >= 15 is 0 Å². The van der Waals surface area contributed by atoms with Gasteiger partial charge < -0.3 is 33.8 Å². The molecule has 0 unspecified atom stereocenters. The highest BCUT2D eigenvalue weighted by Crippen LogP contribution is 2.19. The lowest BCUT2D eigenvalue weighted by Crippen LogP contribution is -2.32. The van der Waals surface area contributed by atoms with E-state index < -0.39 is 0 Å². The van der Waals surface area contributed by atoms with Crippen LogP contribution in [-0.2, 0) is 28.6 Å². The molecule has 0 rings (SSSR count). The third-order valence-corrected chi connectivity index (χ3v) is 21.5. The van der Waals surface area contributed by atoms with Crippen molar-refractivity contribution in [2.24, 2.45) is 0 Å². The fourth-order valence-corrected chi connectivity index (χ4v) is 14.7. The first kappa shape index (κ1) is 98.2. The van der Waals surface area contributed by atoms with Crippen LogP contribution in [0.3, 0.4) is 0 Å². The Bertz CT molecular complexity index is 1350. The van der Waals surface area contributed by atoms with E-state index in [4.69, 9.17) is 14.2 Å². The van der Waals surface area contributed by atoms with Gasteiger partial charge in [0.25, 0.3) is 0 Å². The third-order valence-electron chi connectivity index (χ3n) is 21.5. The number of hydrogen-bond acceptors (Lipinski definition) is 10. The summed E-state index contributed by atoms with van der Waals surface area (Å²) in [6.07, 6.45) is 84.3. The van der Waals surface area contributed by atoms with Crippen LogP contribution in [0.1, 0.15) is 465 Å². The second kappa shape index (κ2) is 84.5. The lowest BCUT2D eigenvalue weighted by Gasteiger charge is -2.23. The smallest absolute Gasteiger partial charge is 0.307 e. The lowest BCUT2D eigenvalue weighted by atomic mass is 10.1. The van der Waals surface area contributed by atoms with Crippen LogP contribution in [0, 0.1) is 0 Å². The summed E-state index contributed by atoms with van der Waals surface area (Å²) in [5.74, 6) is -0.607. The highest BCUT2D eigenvalue weighted by atomic mass is 16.5. The summed E-state index contributed by atoms with van der Waals surface area (Å²) in [5, 5.41) is 0. The Balaban J connectivity index is 5.69. The van der Waals surface area contributed by atoms with Gasteiger partial charge in [-0.15, -0.1) is 0 Å². The zero-order chi connectivity index (χ0) is 72.4. The Labute approximate surface area is 626 Å². The van der Waals surface area contributed by atoms with Gasteiger partial charge in [0.15, 0.2) is 0 Å². The number of rotatable bonds is 87. The Hall–Kier alpha value is -1.75. The maximum atomic E-state index is 13.5. The first-order valence-corrected chi connectivity index (χ1v) is 45.7. The maximum absolute atomic E-state index is 13.5. The van der Waals surface area contributed by atoms with Gasteiger partial charge in [-0.05, 0) is 97.1 Å². The van der Waals surface area contributed by atoms with Crippen molar-refractivity contribution in [2.45, 2.75) is 465 Å². The summed E-state index contributed by atoms with van der Waals surface area (Å²) < 4.78 is 17.8. The third kappa shape index (κ3) is 77.4. The van der Waals surface area contributed by atoms with Gasteiger partial charge in [0.2, 0.25) is 0 Å². The Morgan fingerprint density at radius 2 is 0.280 bits per heavy atom. The van der Waals surface area contributed by atoms with Gasteiger partial charge >= 0.3 is 17.9 Å². The molecular formula is C90H180N4O6. The fraction of sp³-hybridized carbons (Fsp3) is 0.967. The van der Waals surface area contributed by atoms with Crippen molar-refractivity contribution in [3.05, 3.63) is 0 Å². The molecule has 596 valence electrons. The van der Waals surface area contributed by atoms with E-state index in [-0.39, 0.29) is 37.2 Å². The van der Waals surface area contributed by atoms with Gasteiger partial charge in [-0.3, -0.25) is 14.4 Å².